The van der Waals surface area contributed by atoms with Gasteiger partial charge in [-0.2, -0.15) is 0 Å². The Labute approximate surface area is 365 Å². The maximum absolute atomic E-state index is 12.3. The summed E-state index contributed by atoms with van der Waals surface area (Å²) in [5.74, 6) is -0.216. The van der Waals surface area contributed by atoms with Crippen LogP contribution in [0.15, 0.2) is 109 Å². The number of aliphatic hydroxyl groups excluding tert-OH is 1. The van der Waals surface area contributed by atoms with Crippen LogP contribution in [-0.2, 0) is 14.3 Å². The topological polar surface area (TPSA) is 55.8 Å². The van der Waals surface area contributed by atoms with E-state index in [1.807, 2.05) is 0 Å². The van der Waals surface area contributed by atoms with Crippen LogP contribution in [-0.4, -0.2) is 37.0 Å². The molecule has 0 amide bonds. The maximum Gasteiger partial charge on any atom is 0.306 e. The summed E-state index contributed by atoms with van der Waals surface area (Å²) in [5.41, 5.74) is 0. The number of rotatable bonds is 44. The lowest BCUT2D eigenvalue weighted by molar-refractivity contribution is -0.154. The molecule has 1 N–H and O–H groups in total. The highest BCUT2D eigenvalue weighted by molar-refractivity contribution is 5.69. The summed E-state index contributed by atoms with van der Waals surface area (Å²) < 4.78 is 11.2. The molecule has 4 heteroatoms. The number of aliphatic hydroxyl groups is 1. The van der Waals surface area contributed by atoms with Crippen molar-refractivity contribution in [2.24, 2.45) is 0 Å². The predicted molar refractivity (Wildman–Crippen MR) is 260 cm³/mol. The first-order chi connectivity index (χ1) is 29.2. The highest BCUT2D eigenvalue weighted by Crippen LogP contribution is 2.14. The summed E-state index contributed by atoms with van der Waals surface area (Å²) in [4.78, 5) is 12.3. The average molecular weight is 817 g/mol. The van der Waals surface area contributed by atoms with Crippen LogP contribution in [0, 0.1) is 0 Å². The molecule has 0 aliphatic carbocycles. The van der Waals surface area contributed by atoms with Crippen molar-refractivity contribution < 1.29 is 19.4 Å². The van der Waals surface area contributed by atoms with Crippen molar-refractivity contribution in [3.05, 3.63) is 109 Å². The molecule has 59 heavy (non-hydrogen) atoms. The second kappa shape index (κ2) is 51.2. The molecule has 0 fully saturated rings. The number of ether oxygens (including phenoxy) is 2. The predicted octanol–water partition coefficient (Wildman–Crippen LogP) is 16.7. The molecule has 0 aromatic carbocycles. The van der Waals surface area contributed by atoms with E-state index in [2.05, 4.69) is 123 Å². The van der Waals surface area contributed by atoms with Crippen molar-refractivity contribution in [3.63, 3.8) is 0 Å². The van der Waals surface area contributed by atoms with Crippen LogP contribution in [0.4, 0.5) is 0 Å². The van der Waals surface area contributed by atoms with Crippen molar-refractivity contribution in [2.45, 2.75) is 213 Å². The minimum atomic E-state index is -0.551. The quantitative estimate of drug-likeness (QED) is 0.0378. The molecule has 0 saturated carbocycles. The summed E-state index contributed by atoms with van der Waals surface area (Å²) in [6.07, 6.45) is 74.5. The second-order valence-electron chi connectivity index (χ2n) is 15.8. The lowest BCUT2D eigenvalue weighted by Gasteiger charge is -2.16. The summed E-state index contributed by atoms with van der Waals surface area (Å²) >= 11 is 0. The molecule has 0 aliphatic heterocycles. The van der Waals surface area contributed by atoms with Crippen LogP contribution in [0.25, 0.3) is 0 Å². The van der Waals surface area contributed by atoms with E-state index in [1.165, 1.54) is 96.3 Å². The first kappa shape index (κ1) is 56.1. The molecule has 0 aromatic heterocycles. The lowest BCUT2D eigenvalue weighted by Crippen LogP contribution is -2.27. The standard InChI is InChI=1S/C55H92O4/c1-3-5-7-9-11-13-15-17-19-21-23-25-27-29-31-33-35-37-39-41-43-45-47-49-51-58-53-54(52-56)59-55(57)50-48-46-44-42-40-38-36-34-32-30-28-26-24-22-20-18-16-14-12-10-8-6-4-2/h5-8,11-14,17-20,23-26,30,32,54,56H,3-4,9-10,15-16,21-22,27-29,31,33-53H2,1-2H3/b7-5-,8-6-,13-11-,14-12-,19-17-,20-18-,25-23-,26-24-,32-30-. The summed E-state index contributed by atoms with van der Waals surface area (Å²) in [5, 5.41) is 9.65. The van der Waals surface area contributed by atoms with Crippen LogP contribution in [0.5, 0.6) is 0 Å². The Balaban J connectivity index is 3.49. The molecule has 336 valence electrons. The van der Waals surface area contributed by atoms with Gasteiger partial charge >= 0.3 is 5.97 Å². The van der Waals surface area contributed by atoms with Gasteiger partial charge in [-0.05, 0) is 96.3 Å². The number of hydrogen-bond donors (Lipinski definition) is 1. The fraction of sp³-hybridized carbons (Fsp3) is 0.655. The molecule has 4 nitrogen and oxygen atoms in total. The Bertz CT molecular complexity index is 1130. The number of unbranched alkanes of at least 4 members (excludes halogenated alkanes) is 18. The highest BCUT2D eigenvalue weighted by Gasteiger charge is 2.13. The molecule has 0 spiro atoms. The van der Waals surface area contributed by atoms with Gasteiger partial charge in [-0.25, -0.2) is 0 Å². The first-order valence-corrected chi connectivity index (χ1v) is 24.5. The molecule has 0 aromatic rings. The van der Waals surface area contributed by atoms with Gasteiger partial charge in [0, 0.05) is 13.0 Å². The first-order valence-electron chi connectivity index (χ1n) is 24.5. The zero-order valence-corrected chi connectivity index (χ0v) is 38.5. The number of allylic oxidation sites excluding steroid dienone is 18. The SMILES string of the molecule is CC/C=C\C/C=C\C/C=C\C/C=C\C/C=C\CCCCCCCCCC(=O)OC(CO)COCCCCCCCCCCCCC/C=C\C/C=C\C/C=C\C/C=C\CC. The molecule has 0 heterocycles. The molecular formula is C55H92O4. The lowest BCUT2D eigenvalue weighted by atomic mass is 10.1. The van der Waals surface area contributed by atoms with E-state index in [1.54, 1.807) is 0 Å². The van der Waals surface area contributed by atoms with Crippen molar-refractivity contribution >= 4 is 5.97 Å². The molecule has 0 radical (unpaired) electrons. The summed E-state index contributed by atoms with van der Waals surface area (Å²) in [6.45, 7) is 5.10. The second-order valence-corrected chi connectivity index (χ2v) is 15.8. The van der Waals surface area contributed by atoms with E-state index in [9.17, 15) is 9.90 Å². The largest absolute Gasteiger partial charge is 0.457 e. The van der Waals surface area contributed by atoms with Gasteiger partial charge in [-0.1, -0.05) is 213 Å². The van der Waals surface area contributed by atoms with Gasteiger partial charge in [-0.15, -0.1) is 0 Å². The van der Waals surface area contributed by atoms with Crippen molar-refractivity contribution in [1.29, 1.82) is 0 Å². The normalized spacial score (nSPS) is 13.3. The van der Waals surface area contributed by atoms with E-state index >= 15 is 0 Å². The molecular weight excluding hydrogens is 725 g/mol. The Hall–Kier alpha value is -2.95. The van der Waals surface area contributed by atoms with E-state index in [4.69, 9.17) is 9.47 Å². The maximum atomic E-state index is 12.3. The van der Waals surface area contributed by atoms with E-state index in [0.29, 0.717) is 13.0 Å². The minimum Gasteiger partial charge on any atom is -0.457 e. The van der Waals surface area contributed by atoms with Gasteiger partial charge in [0.05, 0.1) is 13.2 Å². The Morgan fingerprint density at radius 3 is 1.07 bits per heavy atom. The van der Waals surface area contributed by atoms with Gasteiger partial charge in [0.1, 0.15) is 6.10 Å². The van der Waals surface area contributed by atoms with Crippen LogP contribution in [0.2, 0.25) is 0 Å². The van der Waals surface area contributed by atoms with Crippen molar-refractivity contribution in [3.8, 4) is 0 Å². The summed E-state index contributed by atoms with van der Waals surface area (Å²) in [6, 6.07) is 0. The number of carbonyl (C=O) groups is 1. The molecule has 1 atom stereocenters. The number of hydrogen-bond acceptors (Lipinski definition) is 4. The monoisotopic (exact) mass is 817 g/mol. The smallest absolute Gasteiger partial charge is 0.306 e. The van der Waals surface area contributed by atoms with Gasteiger partial charge < -0.3 is 14.6 Å². The van der Waals surface area contributed by atoms with Gasteiger partial charge in [-0.3, -0.25) is 4.79 Å². The number of esters is 1. The molecule has 0 aliphatic rings. The fourth-order valence-corrected chi connectivity index (χ4v) is 6.52. The van der Waals surface area contributed by atoms with E-state index in [-0.39, 0.29) is 19.2 Å². The number of carbonyl (C=O) groups excluding carboxylic acids is 1. The van der Waals surface area contributed by atoms with Crippen molar-refractivity contribution in [2.75, 3.05) is 19.8 Å². The van der Waals surface area contributed by atoms with Crippen LogP contribution >= 0.6 is 0 Å². The molecule has 0 saturated heterocycles. The zero-order chi connectivity index (χ0) is 42.6. The fourth-order valence-electron chi connectivity index (χ4n) is 6.52. The molecule has 0 rings (SSSR count). The highest BCUT2D eigenvalue weighted by atomic mass is 16.6. The third-order valence-corrected chi connectivity index (χ3v) is 10.1. The average Bonchev–Trinajstić information content (AvgIpc) is 3.24. The van der Waals surface area contributed by atoms with E-state index in [0.717, 1.165) is 89.9 Å². The van der Waals surface area contributed by atoms with Crippen LogP contribution in [0.3, 0.4) is 0 Å². The minimum absolute atomic E-state index is 0.184. The van der Waals surface area contributed by atoms with Crippen LogP contribution in [0.1, 0.15) is 206 Å². The van der Waals surface area contributed by atoms with Gasteiger partial charge in [0.15, 0.2) is 0 Å². The Morgan fingerprint density at radius 1 is 0.407 bits per heavy atom. The van der Waals surface area contributed by atoms with E-state index < -0.39 is 6.10 Å². The zero-order valence-electron chi connectivity index (χ0n) is 38.5. The van der Waals surface area contributed by atoms with Crippen LogP contribution < -0.4 is 0 Å². The molecule has 1 unspecified atom stereocenters. The third kappa shape index (κ3) is 49.3. The molecule has 0 bridgehead atoms. The third-order valence-electron chi connectivity index (χ3n) is 10.1. The summed E-state index contributed by atoms with van der Waals surface area (Å²) in [7, 11) is 0. The van der Waals surface area contributed by atoms with Gasteiger partial charge in [0.2, 0.25) is 0 Å². The Morgan fingerprint density at radius 2 is 0.712 bits per heavy atom. The Kier molecular flexibility index (Phi) is 48.6. The van der Waals surface area contributed by atoms with Gasteiger partial charge in [0.25, 0.3) is 0 Å². The van der Waals surface area contributed by atoms with Crippen molar-refractivity contribution in [1.82, 2.24) is 0 Å².